The maximum absolute atomic E-state index is 6.22. The summed E-state index contributed by atoms with van der Waals surface area (Å²) in [6.45, 7) is 2.06. The van der Waals surface area contributed by atoms with E-state index in [0.29, 0.717) is 17.5 Å². The Balaban J connectivity index is 1.09. The third kappa shape index (κ3) is 6.75. The van der Waals surface area contributed by atoms with Gasteiger partial charge in [-0.15, -0.1) is 0 Å². The van der Waals surface area contributed by atoms with Gasteiger partial charge >= 0.3 is 0 Å². The predicted molar refractivity (Wildman–Crippen MR) is 240 cm³/mol. The topological polar surface area (TPSA) is 56.7 Å². The molecule has 5 heteroatoms. The van der Waals surface area contributed by atoms with E-state index in [1.807, 2.05) is 36.4 Å². The van der Waals surface area contributed by atoms with Crippen molar-refractivity contribution in [1.82, 2.24) is 19.5 Å². The monoisotopic (exact) mass is 750 g/mol. The second kappa shape index (κ2) is 15.4. The molecule has 58 heavy (non-hydrogen) atoms. The van der Waals surface area contributed by atoms with Gasteiger partial charge in [0.05, 0.1) is 11.0 Å². The highest BCUT2D eigenvalue weighted by Crippen LogP contribution is 2.39. The third-order valence-corrected chi connectivity index (χ3v) is 11.2. The van der Waals surface area contributed by atoms with Crippen LogP contribution in [0.5, 0.6) is 0 Å². The summed E-state index contributed by atoms with van der Waals surface area (Å²) in [4.78, 5) is 15.3. The number of para-hydroxylation sites is 1. The zero-order chi connectivity index (χ0) is 38.8. The summed E-state index contributed by atoms with van der Waals surface area (Å²) in [5.41, 5.74) is 12.1. The van der Waals surface area contributed by atoms with Gasteiger partial charge < -0.3 is 8.98 Å². The lowest BCUT2D eigenvalue weighted by Crippen LogP contribution is -2.01. The predicted octanol–water partition coefficient (Wildman–Crippen LogP) is 14.0. The summed E-state index contributed by atoms with van der Waals surface area (Å²) in [5, 5.41) is 3.48. The second-order valence-corrected chi connectivity index (χ2v) is 14.9. The van der Waals surface area contributed by atoms with Gasteiger partial charge in [0.15, 0.2) is 17.5 Å². The summed E-state index contributed by atoms with van der Waals surface area (Å²) in [6, 6.07) is 51.5. The lowest BCUT2D eigenvalue weighted by Gasteiger charge is -2.15. The van der Waals surface area contributed by atoms with E-state index >= 15 is 0 Å². The Morgan fingerprint density at radius 2 is 1.34 bits per heavy atom. The fraction of sp³-hybridized carbons (Fsp3) is 0.113. The number of benzene rings is 6. The number of hydrogen-bond acceptors (Lipinski definition) is 4. The Hall–Kier alpha value is -7.11. The Morgan fingerprint density at radius 1 is 0.621 bits per heavy atom. The van der Waals surface area contributed by atoms with Crippen molar-refractivity contribution in [3.8, 4) is 51.0 Å². The molecule has 0 saturated heterocycles. The van der Waals surface area contributed by atoms with Crippen LogP contribution in [0.3, 0.4) is 0 Å². The lowest BCUT2D eigenvalue weighted by molar-refractivity contribution is 0.540. The van der Waals surface area contributed by atoms with Gasteiger partial charge in [-0.3, -0.25) is 0 Å². The van der Waals surface area contributed by atoms with E-state index < -0.39 is 0 Å². The molecular formula is C53H42N4O. The van der Waals surface area contributed by atoms with Gasteiger partial charge in [0.1, 0.15) is 11.3 Å². The zero-order valence-corrected chi connectivity index (χ0v) is 32.5. The van der Waals surface area contributed by atoms with Gasteiger partial charge in [-0.05, 0) is 103 Å². The van der Waals surface area contributed by atoms with Gasteiger partial charge in [-0.25, -0.2) is 15.0 Å². The summed E-state index contributed by atoms with van der Waals surface area (Å²) in [6.07, 6.45) is 16.1. The molecule has 0 saturated carbocycles. The number of nitrogens with zero attached hydrogens (tertiary/aromatic N) is 4. The van der Waals surface area contributed by atoms with Crippen molar-refractivity contribution in [1.29, 1.82) is 0 Å². The van der Waals surface area contributed by atoms with E-state index in [1.54, 1.807) is 0 Å². The summed E-state index contributed by atoms with van der Waals surface area (Å²) < 4.78 is 8.60. The minimum atomic E-state index is 0.618. The van der Waals surface area contributed by atoms with Crippen molar-refractivity contribution in [2.75, 3.05) is 0 Å². The number of furan rings is 1. The number of unbranched alkanes of at least 4 members (excludes halogenated alkanes) is 1. The van der Waals surface area contributed by atoms with Gasteiger partial charge in [-0.1, -0.05) is 127 Å². The van der Waals surface area contributed by atoms with Gasteiger partial charge in [0.25, 0.3) is 0 Å². The molecule has 10 rings (SSSR count). The minimum absolute atomic E-state index is 0.618. The van der Waals surface area contributed by atoms with Crippen LogP contribution in [0.1, 0.15) is 43.9 Å². The number of hydrogen-bond donors (Lipinski definition) is 0. The number of rotatable bonds is 10. The fourth-order valence-electron chi connectivity index (χ4n) is 8.31. The first kappa shape index (κ1) is 35.3. The molecule has 0 radical (unpaired) electrons. The molecule has 5 nitrogen and oxygen atoms in total. The van der Waals surface area contributed by atoms with E-state index in [-0.39, 0.29) is 0 Å². The number of allylic oxidation sites excluding steroid dienone is 6. The average molecular weight is 751 g/mol. The van der Waals surface area contributed by atoms with Crippen molar-refractivity contribution in [2.45, 2.75) is 39.0 Å². The van der Waals surface area contributed by atoms with Crippen LogP contribution in [-0.2, 0) is 6.42 Å². The molecule has 3 heterocycles. The largest absolute Gasteiger partial charge is 0.461 e. The van der Waals surface area contributed by atoms with Crippen molar-refractivity contribution in [3.63, 3.8) is 0 Å². The first-order valence-electron chi connectivity index (χ1n) is 20.3. The standard InChI is InChI=1S/C53H42N4O/c1-2-3-4-11-23-43-34-41-32-40(29-31-50(41)58-43)53-55-51(37-19-9-6-10-20-37)54-52(56-53)39-21-16-22-42(33-39)57-48-27-15-14-26-46(48)47-30-28-38(35-49(47)57)45-25-13-12-24-44(45)36-17-7-5-8-18-36/h2-3,5-7,9-10,12-17,19-22,24-35H,4,8,11,18,23H2,1H3/b3-2-. The molecule has 0 fully saturated rings. The SMILES string of the molecule is C/C=C\CCCc1cc2cc(-c3nc(-c4ccccc4)nc(-c4cccc(-n5c6ccccc6c6ccc(-c7ccccc7C7=CC=CCC7)cc65)c4)n3)ccc2o1. The van der Waals surface area contributed by atoms with Crippen LogP contribution in [0, 0.1) is 0 Å². The van der Waals surface area contributed by atoms with Crippen LogP contribution in [-0.4, -0.2) is 19.5 Å². The van der Waals surface area contributed by atoms with Crippen LogP contribution in [0.15, 0.2) is 180 Å². The van der Waals surface area contributed by atoms with Crippen molar-refractivity contribution in [2.24, 2.45) is 0 Å². The Morgan fingerprint density at radius 3 is 2.17 bits per heavy atom. The molecule has 0 aliphatic heterocycles. The lowest BCUT2D eigenvalue weighted by atomic mass is 9.90. The van der Waals surface area contributed by atoms with E-state index in [4.69, 9.17) is 19.4 Å². The Labute approximate surface area is 338 Å². The molecule has 0 unspecified atom stereocenters. The van der Waals surface area contributed by atoms with Crippen molar-refractivity contribution >= 4 is 38.3 Å². The van der Waals surface area contributed by atoms with E-state index in [0.717, 1.165) is 82.2 Å². The number of aromatic nitrogens is 4. The maximum atomic E-state index is 6.22. The highest BCUT2D eigenvalue weighted by atomic mass is 16.3. The molecule has 6 aromatic carbocycles. The molecule has 0 spiro atoms. The quantitative estimate of drug-likeness (QED) is 0.103. The Bertz CT molecular complexity index is 3050. The molecule has 0 bridgehead atoms. The highest BCUT2D eigenvalue weighted by Gasteiger charge is 2.18. The Kier molecular flexibility index (Phi) is 9.40. The fourth-order valence-corrected chi connectivity index (χ4v) is 8.31. The second-order valence-electron chi connectivity index (χ2n) is 14.9. The van der Waals surface area contributed by atoms with Crippen LogP contribution in [0.25, 0.3) is 89.3 Å². The molecule has 280 valence electrons. The zero-order valence-electron chi connectivity index (χ0n) is 32.5. The summed E-state index contributed by atoms with van der Waals surface area (Å²) >= 11 is 0. The highest BCUT2D eigenvalue weighted by molar-refractivity contribution is 6.10. The molecule has 0 amide bonds. The molecule has 3 aromatic heterocycles. The average Bonchev–Trinajstić information content (AvgIpc) is 3.86. The maximum Gasteiger partial charge on any atom is 0.164 e. The van der Waals surface area contributed by atoms with Gasteiger partial charge in [-0.2, -0.15) is 0 Å². The first-order chi connectivity index (χ1) is 28.7. The van der Waals surface area contributed by atoms with Crippen LogP contribution < -0.4 is 0 Å². The van der Waals surface area contributed by atoms with Crippen LogP contribution in [0.2, 0.25) is 0 Å². The van der Waals surface area contributed by atoms with Gasteiger partial charge in [0.2, 0.25) is 0 Å². The van der Waals surface area contributed by atoms with Crippen molar-refractivity contribution < 1.29 is 4.42 Å². The summed E-state index contributed by atoms with van der Waals surface area (Å²) in [5.74, 6) is 2.87. The van der Waals surface area contributed by atoms with Crippen LogP contribution in [0.4, 0.5) is 0 Å². The number of fused-ring (bicyclic) bond motifs is 4. The molecular weight excluding hydrogens is 709 g/mol. The normalized spacial score (nSPS) is 12.9. The van der Waals surface area contributed by atoms with E-state index in [9.17, 15) is 0 Å². The molecule has 1 aliphatic carbocycles. The molecule has 1 aliphatic rings. The molecule has 0 N–H and O–H groups in total. The molecule has 9 aromatic rings. The van der Waals surface area contributed by atoms with Crippen LogP contribution >= 0.6 is 0 Å². The van der Waals surface area contributed by atoms with E-state index in [1.165, 1.54) is 33.0 Å². The molecule has 0 atom stereocenters. The first-order valence-corrected chi connectivity index (χ1v) is 20.3. The smallest absolute Gasteiger partial charge is 0.164 e. The van der Waals surface area contributed by atoms with Gasteiger partial charge in [0, 0.05) is 45.0 Å². The summed E-state index contributed by atoms with van der Waals surface area (Å²) in [7, 11) is 0. The third-order valence-electron chi connectivity index (χ3n) is 11.2. The number of aryl methyl sites for hydroxylation is 1. The van der Waals surface area contributed by atoms with Crippen molar-refractivity contribution in [3.05, 3.63) is 187 Å². The minimum Gasteiger partial charge on any atom is -0.461 e. The van der Waals surface area contributed by atoms with E-state index in [2.05, 4.69) is 151 Å².